The zero-order chi connectivity index (χ0) is 14.9. The van der Waals surface area contributed by atoms with Crippen LogP contribution in [-0.2, 0) is 9.59 Å². The monoisotopic (exact) mass is 355 g/mol. The summed E-state index contributed by atoms with van der Waals surface area (Å²) in [5.41, 5.74) is 7.12. The highest BCUT2D eigenvalue weighted by atomic mass is 79.9. The number of thiocarbonyl (C=S) groups is 1. The average Bonchev–Trinajstić information content (AvgIpc) is 2.37. The number of rotatable bonds is 3. The van der Waals surface area contributed by atoms with Crippen LogP contribution in [0.15, 0.2) is 22.7 Å². The summed E-state index contributed by atoms with van der Waals surface area (Å²) in [6, 6.07) is 5.07. The fourth-order valence-corrected chi connectivity index (χ4v) is 3.12. The molecule has 0 aromatic heterocycles. The minimum Gasteiger partial charge on any atom is -0.389 e. The van der Waals surface area contributed by atoms with Gasteiger partial charge in [0.15, 0.2) is 0 Å². The second-order valence-electron chi connectivity index (χ2n) is 4.49. The van der Waals surface area contributed by atoms with Gasteiger partial charge in [0.25, 0.3) is 0 Å². The van der Waals surface area contributed by atoms with E-state index >= 15 is 0 Å². The minimum atomic E-state index is -0.352. The van der Waals surface area contributed by atoms with Gasteiger partial charge in [-0.25, -0.2) is 0 Å². The Kier molecular flexibility index (Phi) is 4.39. The van der Waals surface area contributed by atoms with Gasteiger partial charge in [-0.05, 0) is 40.5 Å². The third kappa shape index (κ3) is 2.83. The third-order valence-electron chi connectivity index (χ3n) is 3.19. The Morgan fingerprint density at radius 2 is 2.25 bits per heavy atom. The van der Waals surface area contributed by atoms with E-state index in [0.717, 1.165) is 15.7 Å². The maximum absolute atomic E-state index is 11.9. The smallest absolute Gasteiger partial charge is 0.249 e. The topological polar surface area (TPSA) is 75.4 Å². The molecule has 0 saturated carbocycles. The number of anilines is 1. The van der Waals surface area contributed by atoms with Gasteiger partial charge in [0, 0.05) is 15.7 Å². The van der Waals surface area contributed by atoms with Crippen molar-refractivity contribution in [2.45, 2.75) is 19.4 Å². The van der Waals surface area contributed by atoms with Gasteiger partial charge in [-0.2, -0.15) is 0 Å². The van der Waals surface area contributed by atoms with Crippen molar-refractivity contribution in [3.63, 3.8) is 0 Å². The minimum absolute atomic E-state index is 0.156. The van der Waals surface area contributed by atoms with E-state index < -0.39 is 0 Å². The molecule has 3 N–H and O–H groups in total. The van der Waals surface area contributed by atoms with Crippen LogP contribution >= 0.6 is 28.1 Å². The standard InChI is InChI=1S/C13H14BrN3O2S/c1-2-10-13(19)16-11(18)6-17(10)7-3-4-8(12(15)20)9(14)5-7/h3-5,10H,2,6H2,1H3,(H2,15,20)(H,16,18,19). The number of amides is 2. The number of benzene rings is 1. The van der Waals surface area contributed by atoms with Crippen molar-refractivity contribution in [1.29, 1.82) is 0 Å². The van der Waals surface area contributed by atoms with Gasteiger partial charge in [-0.15, -0.1) is 0 Å². The molecule has 106 valence electrons. The lowest BCUT2D eigenvalue weighted by atomic mass is 10.1. The zero-order valence-electron chi connectivity index (χ0n) is 10.9. The number of halogens is 1. The highest BCUT2D eigenvalue weighted by molar-refractivity contribution is 9.10. The fraction of sp³-hybridized carbons (Fsp3) is 0.308. The molecular weight excluding hydrogens is 342 g/mol. The van der Waals surface area contributed by atoms with Crippen LogP contribution in [0.2, 0.25) is 0 Å². The number of carbonyl (C=O) groups is 2. The van der Waals surface area contributed by atoms with Crippen molar-refractivity contribution >= 4 is 50.6 Å². The van der Waals surface area contributed by atoms with E-state index in [0.29, 0.717) is 11.4 Å². The van der Waals surface area contributed by atoms with E-state index in [1.54, 1.807) is 11.0 Å². The van der Waals surface area contributed by atoms with Crippen molar-refractivity contribution in [3.8, 4) is 0 Å². The van der Waals surface area contributed by atoms with Gasteiger partial charge in [0.1, 0.15) is 11.0 Å². The Labute approximate surface area is 130 Å². The molecule has 0 bridgehead atoms. The van der Waals surface area contributed by atoms with Crippen molar-refractivity contribution in [2.24, 2.45) is 5.73 Å². The maximum Gasteiger partial charge on any atom is 0.249 e. The van der Waals surface area contributed by atoms with Crippen molar-refractivity contribution in [1.82, 2.24) is 5.32 Å². The van der Waals surface area contributed by atoms with Gasteiger partial charge in [0.05, 0.1) is 6.54 Å². The highest BCUT2D eigenvalue weighted by Crippen LogP contribution is 2.27. The lowest BCUT2D eigenvalue weighted by molar-refractivity contribution is -0.132. The number of hydrogen-bond acceptors (Lipinski definition) is 4. The fourth-order valence-electron chi connectivity index (χ4n) is 2.23. The predicted octanol–water partition coefficient (Wildman–Crippen LogP) is 1.32. The van der Waals surface area contributed by atoms with Gasteiger partial charge >= 0.3 is 0 Å². The summed E-state index contributed by atoms with van der Waals surface area (Å²) in [6.07, 6.45) is 0.619. The first kappa shape index (κ1) is 14.9. The zero-order valence-corrected chi connectivity index (χ0v) is 13.3. The molecule has 1 aromatic rings. The molecule has 1 fully saturated rings. The quantitative estimate of drug-likeness (QED) is 0.631. The first-order chi connectivity index (χ1) is 9.43. The Balaban J connectivity index is 2.38. The molecule has 1 heterocycles. The van der Waals surface area contributed by atoms with Crippen molar-refractivity contribution in [2.75, 3.05) is 11.4 Å². The summed E-state index contributed by atoms with van der Waals surface area (Å²) >= 11 is 8.36. The molecule has 1 aliphatic heterocycles. The summed E-state index contributed by atoms with van der Waals surface area (Å²) in [5, 5.41) is 2.35. The molecule has 1 aliphatic rings. The number of nitrogens with one attached hydrogen (secondary N) is 1. The molecule has 1 unspecified atom stereocenters. The Morgan fingerprint density at radius 3 is 2.80 bits per heavy atom. The summed E-state index contributed by atoms with van der Waals surface area (Å²) < 4.78 is 0.746. The number of nitrogens with two attached hydrogens (primary N) is 1. The molecule has 1 saturated heterocycles. The predicted molar refractivity (Wildman–Crippen MR) is 84.6 cm³/mol. The van der Waals surface area contributed by atoms with Gasteiger partial charge in [-0.1, -0.05) is 19.1 Å². The van der Waals surface area contributed by atoms with Crippen molar-refractivity contribution < 1.29 is 9.59 Å². The molecule has 5 nitrogen and oxygen atoms in total. The van der Waals surface area contributed by atoms with Crippen LogP contribution in [0.25, 0.3) is 0 Å². The van der Waals surface area contributed by atoms with Crippen molar-refractivity contribution in [3.05, 3.63) is 28.2 Å². The van der Waals surface area contributed by atoms with Gasteiger partial charge in [0.2, 0.25) is 11.8 Å². The molecule has 2 rings (SSSR count). The van der Waals surface area contributed by atoms with E-state index in [1.807, 2.05) is 19.1 Å². The number of nitrogens with zero attached hydrogens (tertiary/aromatic N) is 1. The number of carbonyl (C=O) groups excluding carboxylic acids is 2. The van der Waals surface area contributed by atoms with Crippen LogP contribution in [0.3, 0.4) is 0 Å². The van der Waals surface area contributed by atoms with Crippen LogP contribution < -0.4 is 16.0 Å². The second kappa shape index (κ2) is 5.88. The van der Waals surface area contributed by atoms with Crippen LogP contribution in [0.4, 0.5) is 5.69 Å². The number of imide groups is 1. The summed E-state index contributed by atoms with van der Waals surface area (Å²) in [4.78, 5) is 25.5. The first-order valence-corrected chi connectivity index (χ1v) is 7.33. The SMILES string of the molecule is CCC1C(=O)NC(=O)CN1c1ccc(C(N)=S)c(Br)c1. The van der Waals surface area contributed by atoms with E-state index in [1.165, 1.54) is 0 Å². The molecule has 20 heavy (non-hydrogen) atoms. The highest BCUT2D eigenvalue weighted by Gasteiger charge is 2.32. The third-order valence-corrected chi connectivity index (χ3v) is 4.07. The molecule has 7 heteroatoms. The average molecular weight is 356 g/mol. The van der Waals surface area contributed by atoms with E-state index in [2.05, 4.69) is 21.2 Å². The van der Waals surface area contributed by atoms with Crippen LogP contribution in [-0.4, -0.2) is 29.4 Å². The maximum atomic E-state index is 11.9. The lowest BCUT2D eigenvalue weighted by Crippen LogP contribution is -2.58. The van der Waals surface area contributed by atoms with Crippen LogP contribution in [0.5, 0.6) is 0 Å². The van der Waals surface area contributed by atoms with E-state index in [4.69, 9.17) is 18.0 Å². The lowest BCUT2D eigenvalue weighted by Gasteiger charge is -2.35. The van der Waals surface area contributed by atoms with Crippen LogP contribution in [0, 0.1) is 0 Å². The molecular formula is C13H14BrN3O2S. The molecule has 2 amide bonds. The summed E-state index contributed by atoms with van der Waals surface area (Å²) in [7, 11) is 0. The summed E-state index contributed by atoms with van der Waals surface area (Å²) in [5.74, 6) is -0.562. The van der Waals surface area contributed by atoms with Gasteiger partial charge < -0.3 is 10.6 Å². The molecule has 0 aliphatic carbocycles. The molecule has 0 spiro atoms. The Hall–Kier alpha value is -1.47. The Morgan fingerprint density at radius 1 is 1.55 bits per heavy atom. The van der Waals surface area contributed by atoms with Gasteiger partial charge in [-0.3, -0.25) is 14.9 Å². The number of hydrogen-bond donors (Lipinski definition) is 2. The summed E-state index contributed by atoms with van der Waals surface area (Å²) in [6.45, 7) is 2.06. The van der Waals surface area contributed by atoms with E-state index in [9.17, 15) is 9.59 Å². The largest absolute Gasteiger partial charge is 0.389 e. The second-order valence-corrected chi connectivity index (χ2v) is 5.79. The molecule has 1 atom stereocenters. The number of piperazine rings is 1. The Bertz CT molecular complexity index is 591. The molecule has 0 radical (unpaired) electrons. The van der Waals surface area contributed by atoms with E-state index in [-0.39, 0.29) is 24.4 Å². The molecule has 1 aromatic carbocycles. The first-order valence-electron chi connectivity index (χ1n) is 6.13. The normalized spacial score (nSPS) is 18.9. The van der Waals surface area contributed by atoms with Crippen LogP contribution in [0.1, 0.15) is 18.9 Å².